The molecule has 0 saturated carbocycles. The molecule has 0 fully saturated rings. The average molecular weight is 395 g/mol. The summed E-state index contributed by atoms with van der Waals surface area (Å²) in [6.07, 6.45) is 0. The van der Waals surface area contributed by atoms with E-state index in [0.29, 0.717) is 22.3 Å². The van der Waals surface area contributed by atoms with Gasteiger partial charge in [-0.05, 0) is 43.3 Å². The minimum Gasteiger partial charge on any atom is -0.481 e. The van der Waals surface area contributed by atoms with Crippen molar-refractivity contribution in [1.29, 1.82) is 0 Å². The lowest BCUT2D eigenvalue weighted by molar-refractivity contribution is -0.118. The van der Waals surface area contributed by atoms with Gasteiger partial charge >= 0.3 is 0 Å². The highest BCUT2D eigenvalue weighted by molar-refractivity contribution is 9.10. The molecule has 0 aliphatic heterocycles. The Kier molecular flexibility index (Phi) is 6.31. The maximum Gasteiger partial charge on any atom is 0.262 e. The first kappa shape index (κ1) is 17.9. The van der Waals surface area contributed by atoms with Gasteiger partial charge in [0.25, 0.3) is 11.8 Å². The maximum absolute atomic E-state index is 13.6. The first-order valence-electron chi connectivity index (χ1n) is 7.25. The molecule has 5 nitrogen and oxygen atoms in total. The molecule has 2 rings (SSSR count). The summed E-state index contributed by atoms with van der Waals surface area (Å²) in [6, 6.07) is 10.8. The number of carbonyl (C=O) groups excluding carboxylic acids is 2. The van der Waals surface area contributed by atoms with Crippen LogP contribution in [0.2, 0.25) is 0 Å². The quantitative estimate of drug-likeness (QED) is 0.789. The number of benzene rings is 2. The summed E-state index contributed by atoms with van der Waals surface area (Å²) in [5, 5.41) is 5.28. The Balaban J connectivity index is 1.95. The van der Waals surface area contributed by atoms with Crippen LogP contribution < -0.4 is 15.4 Å². The van der Waals surface area contributed by atoms with E-state index in [1.54, 1.807) is 30.3 Å². The Morgan fingerprint density at radius 3 is 2.71 bits per heavy atom. The van der Waals surface area contributed by atoms with Crippen molar-refractivity contribution in [2.24, 2.45) is 0 Å². The monoisotopic (exact) mass is 394 g/mol. The van der Waals surface area contributed by atoms with Gasteiger partial charge in [0.15, 0.2) is 18.2 Å². The highest BCUT2D eigenvalue weighted by Crippen LogP contribution is 2.21. The molecule has 2 aromatic carbocycles. The molecule has 0 saturated heterocycles. The summed E-state index contributed by atoms with van der Waals surface area (Å²) in [6.45, 7) is 1.99. The fraction of sp³-hybridized carbons (Fsp3) is 0.176. The SMILES string of the molecule is CCNC(=O)c1cccc(NC(=O)COc2ccc(Br)cc2F)c1. The number of nitrogens with one attached hydrogen (secondary N) is 2. The summed E-state index contributed by atoms with van der Waals surface area (Å²) in [5.74, 6) is -1.24. The third kappa shape index (κ3) is 5.06. The van der Waals surface area contributed by atoms with Crippen LogP contribution >= 0.6 is 15.9 Å². The van der Waals surface area contributed by atoms with Gasteiger partial charge in [-0.15, -0.1) is 0 Å². The molecular formula is C17H16BrFN2O3. The van der Waals surface area contributed by atoms with Crippen LogP contribution in [0.15, 0.2) is 46.9 Å². The number of ether oxygens (including phenoxy) is 1. The molecule has 126 valence electrons. The van der Waals surface area contributed by atoms with Crippen molar-refractivity contribution in [2.45, 2.75) is 6.92 Å². The van der Waals surface area contributed by atoms with Crippen molar-refractivity contribution in [3.05, 3.63) is 58.3 Å². The molecule has 0 aliphatic carbocycles. The van der Waals surface area contributed by atoms with E-state index in [9.17, 15) is 14.0 Å². The highest BCUT2D eigenvalue weighted by atomic mass is 79.9. The van der Waals surface area contributed by atoms with Gasteiger partial charge in [0.05, 0.1) is 0 Å². The number of hydrogen-bond donors (Lipinski definition) is 2. The van der Waals surface area contributed by atoms with Crippen LogP contribution in [0.1, 0.15) is 17.3 Å². The van der Waals surface area contributed by atoms with Crippen LogP contribution in [-0.2, 0) is 4.79 Å². The van der Waals surface area contributed by atoms with E-state index in [1.165, 1.54) is 12.1 Å². The third-order valence-electron chi connectivity index (χ3n) is 3.00. The number of carbonyl (C=O) groups is 2. The van der Waals surface area contributed by atoms with E-state index < -0.39 is 11.7 Å². The minimum atomic E-state index is -0.560. The van der Waals surface area contributed by atoms with Crippen LogP contribution in [0.4, 0.5) is 10.1 Å². The van der Waals surface area contributed by atoms with Crippen molar-refractivity contribution >= 4 is 33.4 Å². The standard InChI is InChI=1S/C17H16BrFN2O3/c1-2-20-17(23)11-4-3-5-13(8-11)21-16(22)10-24-15-7-6-12(18)9-14(15)19/h3-9H,2,10H2,1H3,(H,20,23)(H,21,22). The lowest BCUT2D eigenvalue weighted by atomic mass is 10.2. The lowest BCUT2D eigenvalue weighted by Gasteiger charge is -2.09. The van der Waals surface area contributed by atoms with E-state index in [4.69, 9.17) is 4.74 Å². The first-order valence-corrected chi connectivity index (χ1v) is 8.05. The van der Waals surface area contributed by atoms with Gasteiger partial charge in [0.1, 0.15) is 0 Å². The van der Waals surface area contributed by atoms with E-state index in [2.05, 4.69) is 26.6 Å². The van der Waals surface area contributed by atoms with E-state index >= 15 is 0 Å². The number of halogens is 2. The maximum atomic E-state index is 13.6. The molecule has 7 heteroatoms. The summed E-state index contributed by atoms with van der Waals surface area (Å²) < 4.78 is 19.3. The molecule has 0 aliphatic rings. The van der Waals surface area contributed by atoms with Gasteiger partial charge in [0.2, 0.25) is 0 Å². The van der Waals surface area contributed by atoms with Gasteiger partial charge in [-0.25, -0.2) is 4.39 Å². The first-order chi connectivity index (χ1) is 11.5. The zero-order valence-electron chi connectivity index (χ0n) is 12.9. The molecule has 2 N–H and O–H groups in total. The van der Waals surface area contributed by atoms with E-state index in [0.717, 1.165) is 0 Å². The van der Waals surface area contributed by atoms with Crippen LogP contribution in [0.25, 0.3) is 0 Å². The second kappa shape index (κ2) is 8.44. The third-order valence-corrected chi connectivity index (χ3v) is 3.49. The minimum absolute atomic E-state index is 0.00979. The molecule has 24 heavy (non-hydrogen) atoms. The lowest BCUT2D eigenvalue weighted by Crippen LogP contribution is -2.23. The summed E-state index contributed by atoms with van der Waals surface area (Å²) in [5.41, 5.74) is 0.901. The molecule has 2 amide bonds. The Morgan fingerprint density at radius 2 is 2.00 bits per heavy atom. The van der Waals surface area contributed by atoms with Crippen LogP contribution in [0.5, 0.6) is 5.75 Å². The normalized spacial score (nSPS) is 10.1. The Labute approximate surface area is 147 Å². The van der Waals surface area contributed by atoms with Crippen LogP contribution in [-0.4, -0.2) is 25.0 Å². The molecular weight excluding hydrogens is 379 g/mol. The van der Waals surface area contributed by atoms with Gasteiger partial charge in [-0.3, -0.25) is 9.59 Å². The van der Waals surface area contributed by atoms with Crippen molar-refractivity contribution in [3.8, 4) is 5.75 Å². The van der Waals surface area contributed by atoms with Gasteiger partial charge in [-0.1, -0.05) is 22.0 Å². The van der Waals surface area contributed by atoms with Crippen molar-refractivity contribution in [2.75, 3.05) is 18.5 Å². The van der Waals surface area contributed by atoms with Crippen LogP contribution in [0.3, 0.4) is 0 Å². The number of anilines is 1. The van der Waals surface area contributed by atoms with Crippen LogP contribution in [0, 0.1) is 5.82 Å². The van der Waals surface area contributed by atoms with E-state index in [-0.39, 0.29) is 18.3 Å². The topological polar surface area (TPSA) is 67.4 Å². The summed E-state index contributed by atoms with van der Waals surface area (Å²) >= 11 is 3.14. The number of hydrogen-bond acceptors (Lipinski definition) is 3. The Morgan fingerprint density at radius 1 is 1.21 bits per heavy atom. The zero-order chi connectivity index (χ0) is 17.5. The molecule has 0 unspecified atom stereocenters. The molecule has 0 atom stereocenters. The number of amides is 2. The highest BCUT2D eigenvalue weighted by Gasteiger charge is 2.09. The molecule has 0 heterocycles. The molecule has 0 aromatic heterocycles. The smallest absolute Gasteiger partial charge is 0.262 e. The largest absolute Gasteiger partial charge is 0.481 e. The Bertz CT molecular complexity index is 752. The van der Waals surface area contributed by atoms with Gasteiger partial charge in [-0.2, -0.15) is 0 Å². The molecule has 0 radical (unpaired) electrons. The van der Waals surface area contributed by atoms with Crippen molar-refractivity contribution in [1.82, 2.24) is 5.32 Å². The van der Waals surface area contributed by atoms with Gasteiger partial charge in [0, 0.05) is 22.3 Å². The van der Waals surface area contributed by atoms with E-state index in [1.807, 2.05) is 6.92 Å². The number of rotatable bonds is 6. The fourth-order valence-electron chi connectivity index (χ4n) is 1.93. The van der Waals surface area contributed by atoms with Crippen molar-refractivity contribution < 1.29 is 18.7 Å². The summed E-state index contributed by atoms with van der Waals surface area (Å²) in [7, 11) is 0. The molecule has 2 aromatic rings. The average Bonchev–Trinajstić information content (AvgIpc) is 2.54. The molecule has 0 bridgehead atoms. The van der Waals surface area contributed by atoms with Crippen molar-refractivity contribution in [3.63, 3.8) is 0 Å². The molecule has 0 spiro atoms. The predicted molar refractivity (Wildman–Crippen MR) is 92.7 cm³/mol. The summed E-state index contributed by atoms with van der Waals surface area (Å²) in [4.78, 5) is 23.7. The second-order valence-electron chi connectivity index (χ2n) is 4.85. The zero-order valence-corrected chi connectivity index (χ0v) is 14.5. The van der Waals surface area contributed by atoms with Gasteiger partial charge < -0.3 is 15.4 Å². The fourth-order valence-corrected chi connectivity index (χ4v) is 2.27. The predicted octanol–water partition coefficient (Wildman–Crippen LogP) is 3.36. The Hall–Kier alpha value is -2.41. The second-order valence-corrected chi connectivity index (χ2v) is 5.77.